The van der Waals surface area contributed by atoms with Crippen molar-refractivity contribution in [1.82, 2.24) is 19.7 Å². The maximum atomic E-state index is 12.8. The molecule has 0 atom stereocenters. The zero-order valence-electron chi connectivity index (χ0n) is 16.6. The van der Waals surface area contributed by atoms with Crippen molar-refractivity contribution < 1.29 is 4.79 Å². The minimum atomic E-state index is -0.0690. The third-order valence-electron chi connectivity index (χ3n) is 5.51. The van der Waals surface area contributed by atoms with E-state index in [-0.39, 0.29) is 6.03 Å². The molecule has 0 spiro atoms. The van der Waals surface area contributed by atoms with Gasteiger partial charge in [-0.2, -0.15) is 5.10 Å². The standard InChI is InChI=1S/C24H23N5O/c30-24(27-20-6-3-5-18(15-20)17-29-12-4-11-26-29)28-13-9-19(10-14-28)22-16-25-23-8-2-1-7-21(22)23/h1-9,11-12,15-16,25H,10,13-14,17H2,(H,27,30). The highest BCUT2D eigenvalue weighted by atomic mass is 16.2. The van der Waals surface area contributed by atoms with Gasteiger partial charge in [0, 0.05) is 53.8 Å². The van der Waals surface area contributed by atoms with Crippen molar-refractivity contribution in [2.24, 2.45) is 0 Å². The predicted molar refractivity (Wildman–Crippen MR) is 119 cm³/mol. The van der Waals surface area contributed by atoms with E-state index in [2.05, 4.69) is 45.9 Å². The number of anilines is 1. The number of urea groups is 1. The molecule has 0 fully saturated rings. The van der Waals surface area contributed by atoms with Crippen molar-refractivity contribution in [3.8, 4) is 0 Å². The summed E-state index contributed by atoms with van der Waals surface area (Å²) in [6, 6.07) is 18.1. The van der Waals surface area contributed by atoms with Gasteiger partial charge in [-0.15, -0.1) is 0 Å². The Labute approximate surface area is 174 Å². The van der Waals surface area contributed by atoms with E-state index >= 15 is 0 Å². The number of aromatic nitrogens is 3. The second kappa shape index (κ2) is 7.91. The summed E-state index contributed by atoms with van der Waals surface area (Å²) < 4.78 is 1.86. The number of hydrogen-bond donors (Lipinski definition) is 2. The van der Waals surface area contributed by atoms with Crippen molar-refractivity contribution in [2.45, 2.75) is 13.0 Å². The molecule has 2 amide bonds. The number of carbonyl (C=O) groups excluding carboxylic acids is 1. The summed E-state index contributed by atoms with van der Waals surface area (Å²) in [4.78, 5) is 17.9. The van der Waals surface area contributed by atoms with E-state index in [9.17, 15) is 4.79 Å². The Morgan fingerprint density at radius 2 is 2.07 bits per heavy atom. The van der Waals surface area contributed by atoms with E-state index in [0.717, 1.165) is 23.2 Å². The van der Waals surface area contributed by atoms with Crippen LogP contribution < -0.4 is 5.32 Å². The fourth-order valence-corrected chi connectivity index (χ4v) is 3.97. The van der Waals surface area contributed by atoms with E-state index in [1.54, 1.807) is 6.20 Å². The molecule has 2 N–H and O–H groups in total. The lowest BCUT2D eigenvalue weighted by molar-refractivity contribution is 0.217. The van der Waals surface area contributed by atoms with Gasteiger partial charge in [-0.1, -0.05) is 36.4 Å². The molecule has 0 radical (unpaired) electrons. The summed E-state index contributed by atoms with van der Waals surface area (Å²) in [5.41, 5.74) is 5.56. The van der Waals surface area contributed by atoms with Gasteiger partial charge < -0.3 is 15.2 Å². The molecule has 3 heterocycles. The van der Waals surface area contributed by atoms with Crippen molar-refractivity contribution in [1.29, 1.82) is 0 Å². The normalized spacial score (nSPS) is 14.0. The molecule has 4 aromatic rings. The smallest absolute Gasteiger partial charge is 0.322 e. The van der Waals surface area contributed by atoms with Crippen LogP contribution in [0.25, 0.3) is 16.5 Å². The van der Waals surface area contributed by atoms with Crippen molar-refractivity contribution in [3.63, 3.8) is 0 Å². The summed E-state index contributed by atoms with van der Waals surface area (Å²) in [7, 11) is 0. The molecule has 6 nitrogen and oxygen atoms in total. The van der Waals surface area contributed by atoms with Crippen LogP contribution in [0.3, 0.4) is 0 Å². The number of carbonyl (C=O) groups is 1. The van der Waals surface area contributed by atoms with E-state index in [4.69, 9.17) is 0 Å². The first-order chi connectivity index (χ1) is 14.8. The molecular weight excluding hydrogens is 374 g/mol. The topological polar surface area (TPSA) is 66.0 Å². The number of H-pyrrole nitrogens is 1. The summed E-state index contributed by atoms with van der Waals surface area (Å²) in [6.45, 7) is 1.98. The Hall–Kier alpha value is -3.80. The molecule has 1 aliphatic heterocycles. The first kappa shape index (κ1) is 18.2. The Morgan fingerprint density at radius 1 is 1.13 bits per heavy atom. The molecule has 30 heavy (non-hydrogen) atoms. The molecule has 0 saturated carbocycles. The SMILES string of the molecule is O=C(Nc1cccc(Cn2cccn2)c1)N1CC=C(c2c[nH]c3ccccc23)CC1. The van der Waals surface area contributed by atoms with E-state index in [0.29, 0.717) is 19.6 Å². The zero-order chi connectivity index (χ0) is 20.3. The Kier molecular flexibility index (Phi) is 4.81. The van der Waals surface area contributed by atoms with Gasteiger partial charge in [-0.05, 0) is 41.8 Å². The van der Waals surface area contributed by atoms with Gasteiger partial charge in [-0.25, -0.2) is 4.79 Å². The highest BCUT2D eigenvalue weighted by Gasteiger charge is 2.19. The highest BCUT2D eigenvalue weighted by molar-refractivity contribution is 5.94. The van der Waals surface area contributed by atoms with E-state index in [1.165, 1.54) is 16.5 Å². The minimum absolute atomic E-state index is 0.0690. The average Bonchev–Trinajstić information content (AvgIpc) is 3.44. The number of benzene rings is 2. The first-order valence-electron chi connectivity index (χ1n) is 10.1. The Bertz CT molecular complexity index is 1210. The van der Waals surface area contributed by atoms with Gasteiger partial charge in [0.05, 0.1) is 6.54 Å². The molecule has 1 aliphatic rings. The fourth-order valence-electron chi connectivity index (χ4n) is 3.97. The molecule has 0 unspecified atom stereocenters. The maximum Gasteiger partial charge on any atom is 0.322 e. The Balaban J connectivity index is 1.25. The van der Waals surface area contributed by atoms with Gasteiger partial charge >= 0.3 is 6.03 Å². The number of hydrogen-bond acceptors (Lipinski definition) is 2. The van der Waals surface area contributed by atoms with E-state index in [1.807, 2.05) is 52.2 Å². The molecule has 6 heteroatoms. The second-order valence-electron chi connectivity index (χ2n) is 7.51. The summed E-state index contributed by atoms with van der Waals surface area (Å²) >= 11 is 0. The quantitative estimate of drug-likeness (QED) is 0.523. The molecule has 0 saturated heterocycles. The lowest BCUT2D eigenvalue weighted by Gasteiger charge is -2.26. The monoisotopic (exact) mass is 397 g/mol. The van der Waals surface area contributed by atoms with Gasteiger partial charge in [-0.3, -0.25) is 4.68 Å². The number of nitrogens with zero attached hydrogens (tertiary/aromatic N) is 3. The first-order valence-corrected chi connectivity index (χ1v) is 10.1. The summed E-state index contributed by atoms with van der Waals surface area (Å²) in [5.74, 6) is 0. The molecule has 0 bridgehead atoms. The largest absolute Gasteiger partial charge is 0.361 e. The van der Waals surface area contributed by atoms with Crippen LogP contribution in [0.4, 0.5) is 10.5 Å². The molecule has 2 aromatic heterocycles. The van der Waals surface area contributed by atoms with Gasteiger partial charge in [0.2, 0.25) is 0 Å². The van der Waals surface area contributed by atoms with Crippen LogP contribution in [0.1, 0.15) is 17.5 Å². The van der Waals surface area contributed by atoms with Crippen LogP contribution in [0.2, 0.25) is 0 Å². The zero-order valence-corrected chi connectivity index (χ0v) is 16.6. The molecule has 0 aliphatic carbocycles. The van der Waals surface area contributed by atoms with Crippen LogP contribution in [-0.2, 0) is 6.54 Å². The fraction of sp³-hybridized carbons (Fsp3) is 0.167. The number of rotatable bonds is 4. The van der Waals surface area contributed by atoms with Crippen molar-refractivity contribution in [3.05, 3.63) is 90.4 Å². The summed E-state index contributed by atoms with van der Waals surface area (Å²) in [6.07, 6.45) is 8.76. The third kappa shape index (κ3) is 3.72. The molecule has 5 rings (SSSR count). The van der Waals surface area contributed by atoms with Gasteiger partial charge in [0.1, 0.15) is 0 Å². The van der Waals surface area contributed by atoms with Crippen LogP contribution >= 0.6 is 0 Å². The van der Waals surface area contributed by atoms with Crippen LogP contribution in [-0.4, -0.2) is 38.8 Å². The van der Waals surface area contributed by atoms with Crippen LogP contribution in [0.15, 0.2) is 79.3 Å². The number of nitrogens with one attached hydrogen (secondary N) is 2. The highest BCUT2D eigenvalue weighted by Crippen LogP contribution is 2.29. The molecular formula is C24H23N5O. The second-order valence-corrected chi connectivity index (χ2v) is 7.51. The lowest BCUT2D eigenvalue weighted by Crippen LogP contribution is -2.37. The molecule has 2 aromatic carbocycles. The predicted octanol–water partition coefficient (Wildman–Crippen LogP) is 4.73. The average molecular weight is 397 g/mol. The number of amides is 2. The van der Waals surface area contributed by atoms with Crippen LogP contribution in [0.5, 0.6) is 0 Å². The third-order valence-corrected chi connectivity index (χ3v) is 5.51. The minimum Gasteiger partial charge on any atom is -0.361 e. The van der Waals surface area contributed by atoms with Gasteiger partial charge in [0.25, 0.3) is 0 Å². The number of para-hydroxylation sites is 1. The number of aromatic amines is 1. The van der Waals surface area contributed by atoms with E-state index < -0.39 is 0 Å². The van der Waals surface area contributed by atoms with Crippen LogP contribution in [0, 0.1) is 0 Å². The summed E-state index contributed by atoms with van der Waals surface area (Å²) in [5, 5.41) is 8.50. The van der Waals surface area contributed by atoms with Crippen molar-refractivity contribution >= 4 is 28.2 Å². The number of fused-ring (bicyclic) bond motifs is 1. The lowest BCUT2D eigenvalue weighted by atomic mass is 9.99. The maximum absolute atomic E-state index is 12.8. The molecule has 150 valence electrons. The van der Waals surface area contributed by atoms with Crippen molar-refractivity contribution in [2.75, 3.05) is 18.4 Å². The van der Waals surface area contributed by atoms with Gasteiger partial charge in [0.15, 0.2) is 0 Å². The Morgan fingerprint density at radius 3 is 2.90 bits per heavy atom.